The summed E-state index contributed by atoms with van der Waals surface area (Å²) >= 11 is 11.3. The number of hydrogen-bond acceptors (Lipinski definition) is 5. The minimum absolute atomic E-state index is 0.0118. The maximum atomic E-state index is 10.8. The van der Waals surface area contributed by atoms with E-state index in [9.17, 15) is 10.1 Å². The molecule has 0 aliphatic rings. The number of hydrogen-bond donors (Lipinski definition) is 0. The molecule has 0 bridgehead atoms. The first-order valence-corrected chi connectivity index (χ1v) is 5.42. The van der Waals surface area contributed by atoms with Gasteiger partial charge in [0, 0.05) is 29.4 Å². The third kappa shape index (κ3) is 2.85. The van der Waals surface area contributed by atoms with Crippen LogP contribution in [0.1, 0.15) is 0 Å². The van der Waals surface area contributed by atoms with Crippen molar-refractivity contribution >= 4 is 28.9 Å². The number of nitro groups is 1. The lowest BCUT2D eigenvalue weighted by atomic mass is 10.3. The monoisotopic (exact) mass is 285 g/mol. The second-order valence-electron chi connectivity index (χ2n) is 3.14. The first-order chi connectivity index (χ1) is 8.56. The highest BCUT2D eigenvalue weighted by molar-refractivity contribution is 6.30. The van der Waals surface area contributed by atoms with E-state index in [0.717, 1.165) is 0 Å². The van der Waals surface area contributed by atoms with E-state index in [-0.39, 0.29) is 22.6 Å². The minimum atomic E-state index is -0.575. The molecule has 2 rings (SSSR count). The molecule has 0 aliphatic heterocycles. The number of halogens is 2. The fourth-order valence-electron chi connectivity index (χ4n) is 1.21. The third-order valence-electron chi connectivity index (χ3n) is 1.93. The van der Waals surface area contributed by atoms with Gasteiger partial charge in [-0.2, -0.15) is 4.98 Å². The quantitative estimate of drug-likeness (QED) is 0.490. The molecule has 1 heterocycles. The lowest BCUT2D eigenvalue weighted by Gasteiger charge is -2.05. The van der Waals surface area contributed by atoms with Gasteiger partial charge in [0.2, 0.25) is 16.9 Å². The van der Waals surface area contributed by atoms with Gasteiger partial charge in [-0.25, -0.2) is 4.98 Å². The first-order valence-electron chi connectivity index (χ1n) is 4.66. The smallest absolute Gasteiger partial charge is 0.311 e. The van der Waals surface area contributed by atoms with Crippen molar-refractivity contribution in [2.24, 2.45) is 0 Å². The molecule has 8 heteroatoms. The minimum Gasteiger partial charge on any atom is -0.432 e. The molecule has 0 atom stereocenters. The van der Waals surface area contributed by atoms with E-state index in [1.54, 1.807) is 0 Å². The Balaban J connectivity index is 2.39. The summed E-state index contributed by atoms with van der Waals surface area (Å²) in [5.74, 6) is 0.0858. The SMILES string of the molecule is O=[N+]([O-])c1ccc(Cl)cc1Oc1ccnc(Cl)n1. The fourth-order valence-corrected chi connectivity index (χ4v) is 1.51. The van der Waals surface area contributed by atoms with Crippen LogP contribution in [0, 0.1) is 10.1 Å². The van der Waals surface area contributed by atoms with Gasteiger partial charge in [0.15, 0.2) is 0 Å². The van der Waals surface area contributed by atoms with Gasteiger partial charge in [-0.05, 0) is 17.7 Å². The van der Waals surface area contributed by atoms with Crippen LogP contribution in [-0.4, -0.2) is 14.9 Å². The van der Waals surface area contributed by atoms with E-state index in [1.807, 2.05) is 0 Å². The van der Waals surface area contributed by atoms with Gasteiger partial charge in [0.1, 0.15) is 0 Å². The van der Waals surface area contributed by atoms with Crippen LogP contribution in [0.4, 0.5) is 5.69 Å². The normalized spacial score (nSPS) is 10.1. The molecule has 0 fully saturated rings. The molecule has 0 amide bonds. The number of rotatable bonds is 3. The average molecular weight is 286 g/mol. The zero-order valence-corrected chi connectivity index (χ0v) is 10.2. The Hall–Kier alpha value is -1.92. The molecule has 6 nitrogen and oxygen atoms in total. The molecule has 0 saturated heterocycles. The summed E-state index contributed by atoms with van der Waals surface area (Å²) in [5.41, 5.74) is -0.214. The average Bonchev–Trinajstić information content (AvgIpc) is 2.28. The van der Waals surface area contributed by atoms with E-state index in [1.165, 1.54) is 30.5 Å². The Morgan fingerprint density at radius 3 is 2.72 bits per heavy atom. The molecule has 0 saturated carbocycles. The van der Waals surface area contributed by atoms with Crippen LogP contribution in [0.25, 0.3) is 0 Å². The van der Waals surface area contributed by atoms with E-state index < -0.39 is 4.92 Å². The van der Waals surface area contributed by atoms with Crippen molar-refractivity contribution in [3.63, 3.8) is 0 Å². The predicted molar refractivity (Wildman–Crippen MR) is 65.2 cm³/mol. The second-order valence-corrected chi connectivity index (χ2v) is 3.91. The van der Waals surface area contributed by atoms with Crippen molar-refractivity contribution in [3.05, 3.63) is 50.9 Å². The maximum Gasteiger partial charge on any atom is 0.311 e. The lowest BCUT2D eigenvalue weighted by molar-refractivity contribution is -0.385. The first kappa shape index (κ1) is 12.5. The Morgan fingerprint density at radius 1 is 1.28 bits per heavy atom. The molecule has 0 radical (unpaired) electrons. The fraction of sp³-hybridized carbons (Fsp3) is 0. The molecule has 1 aromatic carbocycles. The highest BCUT2D eigenvalue weighted by Gasteiger charge is 2.16. The third-order valence-corrected chi connectivity index (χ3v) is 2.35. The number of aromatic nitrogens is 2. The van der Waals surface area contributed by atoms with Gasteiger partial charge in [0.25, 0.3) is 0 Å². The predicted octanol–water partition coefficient (Wildman–Crippen LogP) is 3.48. The highest BCUT2D eigenvalue weighted by Crippen LogP contribution is 2.33. The Morgan fingerprint density at radius 2 is 2.06 bits per heavy atom. The van der Waals surface area contributed by atoms with Crippen LogP contribution in [0.3, 0.4) is 0 Å². The standard InChI is InChI=1S/C10H5Cl2N3O3/c11-6-1-2-7(15(16)17)8(5-6)18-9-3-4-13-10(12)14-9/h1-5H. The van der Waals surface area contributed by atoms with Gasteiger partial charge >= 0.3 is 5.69 Å². The maximum absolute atomic E-state index is 10.8. The summed E-state index contributed by atoms with van der Waals surface area (Å²) < 4.78 is 5.27. The molecule has 0 spiro atoms. The summed E-state index contributed by atoms with van der Waals surface area (Å²) in [7, 11) is 0. The zero-order chi connectivity index (χ0) is 13.1. The van der Waals surface area contributed by atoms with Crippen LogP contribution < -0.4 is 4.74 Å². The number of nitrogens with zero attached hydrogens (tertiary/aromatic N) is 3. The Labute approximate surface area is 111 Å². The lowest BCUT2D eigenvalue weighted by Crippen LogP contribution is -1.95. The molecule has 1 aromatic heterocycles. The van der Waals surface area contributed by atoms with Crippen LogP contribution in [-0.2, 0) is 0 Å². The molecular formula is C10H5Cl2N3O3. The number of benzene rings is 1. The molecule has 0 N–H and O–H groups in total. The molecule has 2 aromatic rings. The van der Waals surface area contributed by atoms with Crippen molar-refractivity contribution in [2.75, 3.05) is 0 Å². The van der Waals surface area contributed by atoms with Gasteiger partial charge in [-0.1, -0.05) is 11.6 Å². The molecule has 18 heavy (non-hydrogen) atoms. The topological polar surface area (TPSA) is 78.2 Å². The summed E-state index contributed by atoms with van der Waals surface area (Å²) in [4.78, 5) is 17.7. The van der Waals surface area contributed by atoms with Crippen LogP contribution in [0.2, 0.25) is 10.3 Å². The second kappa shape index (κ2) is 5.16. The summed E-state index contributed by atoms with van der Waals surface area (Å²) in [5, 5.41) is 11.1. The van der Waals surface area contributed by atoms with Gasteiger partial charge < -0.3 is 4.74 Å². The number of nitro benzene ring substituents is 1. The largest absolute Gasteiger partial charge is 0.432 e. The van der Waals surface area contributed by atoms with Crippen molar-refractivity contribution in [2.45, 2.75) is 0 Å². The molecule has 92 valence electrons. The summed E-state index contributed by atoms with van der Waals surface area (Å²) in [6, 6.07) is 5.41. The Bertz CT molecular complexity index is 607. The van der Waals surface area contributed by atoms with E-state index in [4.69, 9.17) is 27.9 Å². The van der Waals surface area contributed by atoms with E-state index in [2.05, 4.69) is 9.97 Å². The molecular weight excluding hydrogens is 281 g/mol. The molecule has 0 aliphatic carbocycles. The van der Waals surface area contributed by atoms with E-state index >= 15 is 0 Å². The van der Waals surface area contributed by atoms with Crippen molar-refractivity contribution in [1.82, 2.24) is 9.97 Å². The summed E-state index contributed by atoms with van der Waals surface area (Å²) in [6.45, 7) is 0. The van der Waals surface area contributed by atoms with Crippen LogP contribution in [0.15, 0.2) is 30.5 Å². The van der Waals surface area contributed by atoms with Crippen LogP contribution in [0.5, 0.6) is 11.6 Å². The van der Waals surface area contributed by atoms with Gasteiger partial charge in [-0.15, -0.1) is 0 Å². The van der Waals surface area contributed by atoms with Gasteiger partial charge in [-0.3, -0.25) is 10.1 Å². The Kier molecular flexibility index (Phi) is 3.59. The number of ether oxygens (including phenoxy) is 1. The molecule has 0 unspecified atom stereocenters. The summed E-state index contributed by atoms with van der Waals surface area (Å²) in [6.07, 6.45) is 1.38. The van der Waals surface area contributed by atoms with Crippen molar-refractivity contribution in [1.29, 1.82) is 0 Å². The zero-order valence-electron chi connectivity index (χ0n) is 8.71. The highest BCUT2D eigenvalue weighted by atomic mass is 35.5. The van der Waals surface area contributed by atoms with Gasteiger partial charge in [0.05, 0.1) is 4.92 Å². The van der Waals surface area contributed by atoms with Crippen LogP contribution >= 0.6 is 23.2 Å². The van der Waals surface area contributed by atoms with E-state index in [0.29, 0.717) is 5.02 Å². The van der Waals surface area contributed by atoms with Crippen molar-refractivity contribution < 1.29 is 9.66 Å². The van der Waals surface area contributed by atoms with Crippen molar-refractivity contribution in [3.8, 4) is 11.6 Å².